The highest BCUT2D eigenvalue weighted by atomic mass is 32.1. The van der Waals surface area contributed by atoms with Gasteiger partial charge in [0.1, 0.15) is 6.04 Å². The number of nitrogens with two attached hydrogens (primary N) is 1. The molecule has 6 heteroatoms. The Kier molecular flexibility index (Phi) is 4.11. The summed E-state index contributed by atoms with van der Waals surface area (Å²) in [6, 6.07) is 4.92. The molecule has 0 radical (unpaired) electrons. The fraction of sp³-hybridized carbons (Fsp3) is 0.333. The van der Waals surface area contributed by atoms with Crippen LogP contribution in [-0.2, 0) is 11.2 Å². The SMILES string of the molecule is CCCc1cc(NC(=O)C(N)c2cccs2)n[nH]1. The maximum atomic E-state index is 11.9. The van der Waals surface area contributed by atoms with Gasteiger partial charge < -0.3 is 11.1 Å². The molecule has 0 aliphatic carbocycles. The number of carbonyl (C=O) groups is 1. The molecule has 0 spiro atoms. The normalized spacial score (nSPS) is 12.3. The van der Waals surface area contributed by atoms with Crippen LogP contribution in [0.1, 0.15) is 30.0 Å². The van der Waals surface area contributed by atoms with E-state index in [2.05, 4.69) is 22.4 Å². The van der Waals surface area contributed by atoms with Gasteiger partial charge in [-0.2, -0.15) is 5.10 Å². The number of aromatic amines is 1. The Morgan fingerprint density at radius 3 is 3.17 bits per heavy atom. The number of H-pyrrole nitrogens is 1. The van der Waals surface area contributed by atoms with E-state index in [-0.39, 0.29) is 5.91 Å². The van der Waals surface area contributed by atoms with E-state index < -0.39 is 6.04 Å². The molecule has 2 aromatic heterocycles. The molecule has 0 aliphatic rings. The zero-order valence-electron chi connectivity index (χ0n) is 10.1. The second-order valence-corrected chi connectivity index (χ2v) is 4.99. The number of hydrogen-bond donors (Lipinski definition) is 3. The van der Waals surface area contributed by atoms with E-state index in [9.17, 15) is 4.79 Å². The highest BCUT2D eigenvalue weighted by molar-refractivity contribution is 7.10. The number of thiophene rings is 1. The number of aromatic nitrogens is 2. The zero-order chi connectivity index (χ0) is 13.0. The highest BCUT2D eigenvalue weighted by Gasteiger charge is 2.17. The van der Waals surface area contributed by atoms with Crippen LogP contribution in [0.3, 0.4) is 0 Å². The molecule has 2 heterocycles. The number of nitrogens with zero attached hydrogens (tertiary/aromatic N) is 1. The van der Waals surface area contributed by atoms with Crippen molar-refractivity contribution in [1.82, 2.24) is 10.2 Å². The lowest BCUT2D eigenvalue weighted by Gasteiger charge is -2.08. The largest absolute Gasteiger partial charge is 0.316 e. The van der Waals surface area contributed by atoms with E-state index in [4.69, 9.17) is 5.73 Å². The third-order valence-electron chi connectivity index (χ3n) is 2.53. The predicted molar refractivity (Wildman–Crippen MR) is 72.5 cm³/mol. The van der Waals surface area contributed by atoms with Gasteiger partial charge in [0.05, 0.1) is 0 Å². The molecule has 1 atom stereocenters. The lowest BCUT2D eigenvalue weighted by Crippen LogP contribution is -2.27. The lowest BCUT2D eigenvalue weighted by atomic mass is 10.2. The molecule has 0 bridgehead atoms. The molecular weight excluding hydrogens is 248 g/mol. The summed E-state index contributed by atoms with van der Waals surface area (Å²) in [7, 11) is 0. The van der Waals surface area contributed by atoms with Crippen molar-refractivity contribution in [3.8, 4) is 0 Å². The number of hydrogen-bond acceptors (Lipinski definition) is 4. The Hall–Kier alpha value is -1.66. The molecule has 4 N–H and O–H groups in total. The highest BCUT2D eigenvalue weighted by Crippen LogP contribution is 2.18. The smallest absolute Gasteiger partial charge is 0.247 e. The minimum Gasteiger partial charge on any atom is -0.316 e. The van der Waals surface area contributed by atoms with Crippen molar-refractivity contribution in [2.75, 3.05) is 5.32 Å². The number of aryl methyl sites for hydroxylation is 1. The number of nitrogens with one attached hydrogen (secondary N) is 2. The first-order valence-corrected chi connectivity index (χ1v) is 6.72. The molecule has 0 saturated heterocycles. The number of amides is 1. The molecule has 2 aromatic rings. The second-order valence-electron chi connectivity index (χ2n) is 4.01. The van der Waals surface area contributed by atoms with Gasteiger partial charge in [-0.05, 0) is 17.9 Å². The van der Waals surface area contributed by atoms with Crippen molar-refractivity contribution in [2.45, 2.75) is 25.8 Å². The number of rotatable bonds is 5. The Balaban J connectivity index is 1.98. The maximum Gasteiger partial charge on any atom is 0.247 e. The first kappa shape index (κ1) is 12.8. The van der Waals surface area contributed by atoms with Gasteiger partial charge in [0.2, 0.25) is 5.91 Å². The molecule has 0 aromatic carbocycles. The standard InChI is InChI=1S/C12H16N4OS/c1-2-4-8-7-10(16-15-8)14-12(17)11(13)9-5-3-6-18-9/h3,5-7,11H,2,4,13H2,1H3,(H2,14,15,16,17). The van der Waals surface area contributed by atoms with Crippen molar-refractivity contribution in [3.05, 3.63) is 34.2 Å². The summed E-state index contributed by atoms with van der Waals surface area (Å²) in [6.07, 6.45) is 1.95. The number of carbonyl (C=O) groups excluding carboxylic acids is 1. The van der Waals surface area contributed by atoms with Crippen LogP contribution in [-0.4, -0.2) is 16.1 Å². The monoisotopic (exact) mass is 264 g/mol. The molecule has 18 heavy (non-hydrogen) atoms. The number of anilines is 1. The van der Waals surface area contributed by atoms with Crippen LogP contribution >= 0.6 is 11.3 Å². The molecule has 0 aliphatic heterocycles. The van der Waals surface area contributed by atoms with E-state index in [0.29, 0.717) is 5.82 Å². The zero-order valence-corrected chi connectivity index (χ0v) is 11.0. The van der Waals surface area contributed by atoms with Crippen LogP contribution in [0.4, 0.5) is 5.82 Å². The minimum atomic E-state index is -0.642. The van der Waals surface area contributed by atoms with Crippen molar-refractivity contribution in [1.29, 1.82) is 0 Å². The first-order valence-electron chi connectivity index (χ1n) is 5.85. The van der Waals surface area contributed by atoms with E-state index >= 15 is 0 Å². The molecule has 96 valence electrons. The summed E-state index contributed by atoms with van der Waals surface area (Å²) in [6.45, 7) is 2.09. The van der Waals surface area contributed by atoms with Gasteiger partial charge in [-0.1, -0.05) is 19.4 Å². The summed E-state index contributed by atoms with van der Waals surface area (Å²) in [4.78, 5) is 12.7. The van der Waals surface area contributed by atoms with Crippen molar-refractivity contribution >= 4 is 23.1 Å². The molecule has 2 rings (SSSR count). The van der Waals surface area contributed by atoms with Gasteiger partial charge in [-0.3, -0.25) is 9.89 Å². The average Bonchev–Trinajstić information content (AvgIpc) is 3.00. The van der Waals surface area contributed by atoms with Gasteiger partial charge in [0.15, 0.2) is 5.82 Å². The van der Waals surface area contributed by atoms with Crippen molar-refractivity contribution in [3.63, 3.8) is 0 Å². The average molecular weight is 264 g/mol. The topological polar surface area (TPSA) is 83.8 Å². The van der Waals surface area contributed by atoms with E-state index in [1.165, 1.54) is 11.3 Å². The van der Waals surface area contributed by atoms with Crippen LogP contribution in [0, 0.1) is 0 Å². The van der Waals surface area contributed by atoms with E-state index in [1.807, 2.05) is 23.6 Å². The Morgan fingerprint density at radius 2 is 2.50 bits per heavy atom. The third kappa shape index (κ3) is 2.96. The predicted octanol–water partition coefficient (Wildman–Crippen LogP) is 2.06. The van der Waals surface area contributed by atoms with Gasteiger partial charge in [-0.15, -0.1) is 11.3 Å². The Bertz CT molecular complexity index is 506. The molecular formula is C12H16N4OS. The summed E-state index contributed by atoms with van der Waals surface area (Å²) in [5.41, 5.74) is 6.87. The summed E-state index contributed by atoms with van der Waals surface area (Å²) >= 11 is 1.47. The van der Waals surface area contributed by atoms with Gasteiger partial charge >= 0.3 is 0 Å². The van der Waals surface area contributed by atoms with Gasteiger partial charge in [0, 0.05) is 16.6 Å². The minimum absolute atomic E-state index is 0.244. The second kappa shape index (κ2) is 5.79. The van der Waals surface area contributed by atoms with Gasteiger partial charge in [-0.25, -0.2) is 0 Å². The molecule has 0 fully saturated rings. The summed E-state index contributed by atoms with van der Waals surface area (Å²) in [5, 5.41) is 11.5. The Labute approximate surface area is 109 Å². The first-order chi connectivity index (χ1) is 8.70. The van der Waals surface area contributed by atoms with Crippen LogP contribution in [0.25, 0.3) is 0 Å². The van der Waals surface area contributed by atoms with E-state index in [1.54, 1.807) is 0 Å². The fourth-order valence-corrected chi connectivity index (χ4v) is 2.35. The molecule has 1 unspecified atom stereocenters. The van der Waals surface area contributed by atoms with Crippen LogP contribution in [0.2, 0.25) is 0 Å². The van der Waals surface area contributed by atoms with E-state index in [0.717, 1.165) is 23.4 Å². The summed E-state index contributed by atoms with van der Waals surface area (Å²) < 4.78 is 0. The van der Waals surface area contributed by atoms with Crippen LogP contribution in [0.5, 0.6) is 0 Å². The van der Waals surface area contributed by atoms with Crippen molar-refractivity contribution in [2.24, 2.45) is 5.73 Å². The fourth-order valence-electron chi connectivity index (χ4n) is 1.62. The molecule has 1 amide bonds. The lowest BCUT2D eigenvalue weighted by molar-refractivity contribution is -0.117. The van der Waals surface area contributed by atoms with Crippen LogP contribution in [0.15, 0.2) is 23.6 Å². The van der Waals surface area contributed by atoms with Gasteiger partial charge in [0.25, 0.3) is 0 Å². The van der Waals surface area contributed by atoms with Crippen LogP contribution < -0.4 is 11.1 Å². The third-order valence-corrected chi connectivity index (χ3v) is 3.49. The van der Waals surface area contributed by atoms with Crippen molar-refractivity contribution < 1.29 is 4.79 Å². The quantitative estimate of drug-likeness (QED) is 0.773. The molecule has 0 saturated carbocycles. The summed E-state index contributed by atoms with van der Waals surface area (Å²) in [5.74, 6) is 0.280. The maximum absolute atomic E-state index is 11.9. The molecule has 5 nitrogen and oxygen atoms in total. The Morgan fingerprint density at radius 1 is 1.67 bits per heavy atom.